The molecule has 0 saturated heterocycles. The van der Waals surface area contributed by atoms with Gasteiger partial charge in [0, 0.05) is 26.2 Å². The molecule has 1 atom stereocenters. The number of rotatable bonds is 8. The van der Waals surface area contributed by atoms with Gasteiger partial charge in [-0.2, -0.15) is 0 Å². The Hall–Kier alpha value is -1.09. The standard InChI is InChI=1S/C18H31FN4O.HI/c1-14(24-16-9-7-8-15(19)10-16)11-21-17(20-4)22-12-18(2,3)13-23(5)6;/h7-10,14H,11-13H2,1-6H3,(H2,20,21,22);1H. The molecule has 0 fully saturated rings. The van der Waals surface area contributed by atoms with E-state index in [9.17, 15) is 4.39 Å². The molecule has 7 heteroatoms. The summed E-state index contributed by atoms with van der Waals surface area (Å²) in [7, 11) is 5.88. The van der Waals surface area contributed by atoms with Gasteiger partial charge in [-0.25, -0.2) is 4.39 Å². The summed E-state index contributed by atoms with van der Waals surface area (Å²) < 4.78 is 18.9. The number of aliphatic imine (C=N–C) groups is 1. The first-order valence-corrected chi connectivity index (χ1v) is 8.23. The zero-order valence-electron chi connectivity index (χ0n) is 16.1. The minimum absolute atomic E-state index is 0. The third-order valence-electron chi connectivity index (χ3n) is 3.39. The average molecular weight is 466 g/mol. The highest BCUT2D eigenvalue weighted by molar-refractivity contribution is 14.0. The van der Waals surface area contributed by atoms with Crippen molar-refractivity contribution in [3.63, 3.8) is 0 Å². The lowest BCUT2D eigenvalue weighted by Gasteiger charge is -2.29. The van der Waals surface area contributed by atoms with Crippen LogP contribution in [-0.2, 0) is 0 Å². The lowest BCUT2D eigenvalue weighted by atomic mass is 9.93. The molecule has 0 aliphatic carbocycles. The van der Waals surface area contributed by atoms with Gasteiger partial charge in [0.2, 0.25) is 0 Å². The van der Waals surface area contributed by atoms with E-state index >= 15 is 0 Å². The SMILES string of the molecule is CN=C(NCC(C)Oc1cccc(F)c1)NCC(C)(C)CN(C)C.I. The van der Waals surface area contributed by atoms with Crippen LogP contribution in [0.4, 0.5) is 4.39 Å². The van der Waals surface area contributed by atoms with E-state index in [2.05, 4.69) is 48.5 Å². The van der Waals surface area contributed by atoms with E-state index in [1.165, 1.54) is 12.1 Å². The molecule has 1 unspecified atom stereocenters. The Labute approximate surface area is 168 Å². The van der Waals surface area contributed by atoms with Crippen LogP contribution >= 0.6 is 24.0 Å². The molecule has 0 saturated carbocycles. The van der Waals surface area contributed by atoms with Crippen molar-refractivity contribution < 1.29 is 9.13 Å². The van der Waals surface area contributed by atoms with E-state index in [-0.39, 0.29) is 41.3 Å². The van der Waals surface area contributed by atoms with Crippen molar-refractivity contribution in [1.29, 1.82) is 0 Å². The molecule has 144 valence electrons. The molecule has 0 aliphatic heterocycles. The quantitative estimate of drug-likeness (QED) is 0.352. The minimum Gasteiger partial charge on any atom is -0.489 e. The van der Waals surface area contributed by atoms with E-state index in [1.54, 1.807) is 19.2 Å². The van der Waals surface area contributed by atoms with Crippen molar-refractivity contribution >= 4 is 29.9 Å². The summed E-state index contributed by atoms with van der Waals surface area (Å²) in [5.74, 6) is 0.962. The Bertz CT molecular complexity index is 538. The van der Waals surface area contributed by atoms with Gasteiger partial charge in [0.15, 0.2) is 5.96 Å². The predicted octanol–water partition coefficient (Wildman–Crippen LogP) is 2.96. The maximum atomic E-state index is 13.2. The third kappa shape index (κ3) is 10.5. The number of benzene rings is 1. The number of hydrogen-bond acceptors (Lipinski definition) is 3. The van der Waals surface area contributed by atoms with Gasteiger partial charge in [-0.1, -0.05) is 19.9 Å². The number of nitrogens with zero attached hydrogens (tertiary/aromatic N) is 2. The molecule has 0 heterocycles. The first-order valence-electron chi connectivity index (χ1n) is 8.23. The molecule has 0 bridgehead atoms. The van der Waals surface area contributed by atoms with Crippen LogP contribution in [0.3, 0.4) is 0 Å². The molecule has 0 radical (unpaired) electrons. The smallest absolute Gasteiger partial charge is 0.191 e. The summed E-state index contributed by atoms with van der Waals surface area (Å²) in [6.07, 6.45) is -0.111. The molecule has 1 rings (SSSR count). The van der Waals surface area contributed by atoms with E-state index in [1.807, 2.05) is 6.92 Å². The van der Waals surface area contributed by atoms with E-state index in [0.717, 1.165) is 19.0 Å². The normalized spacial score (nSPS) is 13.2. The highest BCUT2D eigenvalue weighted by atomic mass is 127. The molecule has 0 amide bonds. The van der Waals surface area contributed by atoms with Crippen LogP contribution in [0.2, 0.25) is 0 Å². The number of nitrogens with one attached hydrogen (secondary N) is 2. The monoisotopic (exact) mass is 466 g/mol. The number of halogens is 2. The lowest BCUT2D eigenvalue weighted by Crippen LogP contribution is -2.46. The van der Waals surface area contributed by atoms with Gasteiger partial charge in [-0.05, 0) is 38.6 Å². The van der Waals surface area contributed by atoms with Crippen molar-refractivity contribution in [3.05, 3.63) is 30.1 Å². The van der Waals surface area contributed by atoms with Crippen LogP contribution in [0.15, 0.2) is 29.3 Å². The summed E-state index contributed by atoms with van der Waals surface area (Å²) >= 11 is 0. The molecular formula is C18H32FIN4O. The molecular weight excluding hydrogens is 434 g/mol. The highest BCUT2D eigenvalue weighted by Gasteiger charge is 2.19. The summed E-state index contributed by atoms with van der Waals surface area (Å²) in [5.41, 5.74) is 0.130. The van der Waals surface area contributed by atoms with Crippen LogP contribution < -0.4 is 15.4 Å². The Morgan fingerprint density at radius 1 is 1.32 bits per heavy atom. The first-order chi connectivity index (χ1) is 11.2. The van der Waals surface area contributed by atoms with Crippen molar-refractivity contribution in [3.8, 4) is 5.75 Å². The summed E-state index contributed by atoms with van der Waals surface area (Å²) in [4.78, 5) is 6.40. The summed E-state index contributed by atoms with van der Waals surface area (Å²) in [5, 5.41) is 6.58. The number of hydrogen-bond donors (Lipinski definition) is 2. The van der Waals surface area contributed by atoms with Crippen LogP contribution in [0.25, 0.3) is 0 Å². The molecule has 0 spiro atoms. The van der Waals surface area contributed by atoms with E-state index < -0.39 is 0 Å². The van der Waals surface area contributed by atoms with Crippen LogP contribution in [-0.4, -0.2) is 57.7 Å². The molecule has 5 nitrogen and oxygen atoms in total. The molecule has 1 aromatic carbocycles. The molecule has 1 aromatic rings. The Balaban J connectivity index is 0.00000576. The van der Waals surface area contributed by atoms with Gasteiger partial charge in [0.05, 0.1) is 6.54 Å². The predicted molar refractivity (Wildman–Crippen MR) is 114 cm³/mol. The molecule has 2 N–H and O–H groups in total. The maximum Gasteiger partial charge on any atom is 0.191 e. The van der Waals surface area contributed by atoms with Gasteiger partial charge in [-0.3, -0.25) is 4.99 Å². The van der Waals surface area contributed by atoms with Gasteiger partial charge in [0.25, 0.3) is 0 Å². The van der Waals surface area contributed by atoms with Gasteiger partial charge in [-0.15, -0.1) is 24.0 Å². The topological polar surface area (TPSA) is 48.9 Å². The van der Waals surface area contributed by atoms with Crippen molar-refractivity contribution in [2.24, 2.45) is 10.4 Å². The van der Waals surface area contributed by atoms with Crippen molar-refractivity contribution in [1.82, 2.24) is 15.5 Å². The van der Waals surface area contributed by atoms with Crippen LogP contribution in [0, 0.1) is 11.2 Å². The third-order valence-corrected chi connectivity index (χ3v) is 3.39. The lowest BCUT2D eigenvalue weighted by molar-refractivity contribution is 0.222. The fraction of sp³-hybridized carbons (Fsp3) is 0.611. The van der Waals surface area contributed by atoms with Gasteiger partial charge in [0.1, 0.15) is 17.7 Å². The largest absolute Gasteiger partial charge is 0.489 e. The zero-order valence-corrected chi connectivity index (χ0v) is 18.4. The first kappa shape index (κ1) is 23.9. The second kappa shape index (κ2) is 11.5. The number of guanidine groups is 1. The number of ether oxygens (including phenoxy) is 1. The second-order valence-corrected chi connectivity index (χ2v) is 7.09. The fourth-order valence-corrected chi connectivity index (χ4v) is 2.51. The zero-order chi connectivity index (χ0) is 18.2. The van der Waals surface area contributed by atoms with Crippen LogP contribution in [0.5, 0.6) is 5.75 Å². The van der Waals surface area contributed by atoms with Crippen LogP contribution in [0.1, 0.15) is 20.8 Å². The Morgan fingerprint density at radius 2 is 2.00 bits per heavy atom. The minimum atomic E-state index is -0.298. The van der Waals surface area contributed by atoms with Crippen molar-refractivity contribution in [2.45, 2.75) is 26.9 Å². The van der Waals surface area contributed by atoms with E-state index in [4.69, 9.17) is 4.74 Å². The fourth-order valence-electron chi connectivity index (χ4n) is 2.51. The Kier molecular flexibility index (Phi) is 11.0. The summed E-state index contributed by atoms with van der Waals surface area (Å²) in [6.45, 7) is 8.72. The molecule has 0 aliphatic rings. The second-order valence-electron chi connectivity index (χ2n) is 7.09. The van der Waals surface area contributed by atoms with Gasteiger partial charge < -0.3 is 20.3 Å². The molecule has 25 heavy (non-hydrogen) atoms. The average Bonchev–Trinajstić information content (AvgIpc) is 2.46. The van der Waals surface area contributed by atoms with E-state index in [0.29, 0.717) is 12.3 Å². The molecule has 0 aromatic heterocycles. The maximum absolute atomic E-state index is 13.2. The van der Waals surface area contributed by atoms with Gasteiger partial charge >= 0.3 is 0 Å². The van der Waals surface area contributed by atoms with Crippen molar-refractivity contribution in [2.75, 3.05) is 40.8 Å². The highest BCUT2D eigenvalue weighted by Crippen LogP contribution is 2.14. The summed E-state index contributed by atoms with van der Waals surface area (Å²) in [6, 6.07) is 6.17. The Morgan fingerprint density at radius 3 is 2.56 bits per heavy atom.